The summed E-state index contributed by atoms with van der Waals surface area (Å²) in [6, 6.07) is 10.8. The van der Waals surface area contributed by atoms with E-state index in [1.807, 2.05) is 0 Å². The summed E-state index contributed by atoms with van der Waals surface area (Å²) in [5, 5.41) is 10.5. The van der Waals surface area contributed by atoms with E-state index in [1.165, 1.54) is 36.4 Å². The van der Waals surface area contributed by atoms with Crippen molar-refractivity contribution in [1.29, 1.82) is 0 Å². The van der Waals surface area contributed by atoms with Crippen LogP contribution in [-0.2, 0) is 14.8 Å². The number of nitrogens with one attached hydrogen (secondary N) is 1. The average Bonchev–Trinajstić information content (AvgIpc) is 2.93. The highest BCUT2D eigenvalue weighted by Crippen LogP contribution is 2.47. The lowest BCUT2D eigenvalue weighted by Gasteiger charge is -2.07. The van der Waals surface area contributed by atoms with E-state index in [4.69, 9.17) is 20.8 Å². The Bertz CT molecular complexity index is 1140. The van der Waals surface area contributed by atoms with Crippen molar-refractivity contribution in [3.05, 3.63) is 59.4 Å². The SMILES string of the molecule is CC(=O)Oc1c(NS(=O)(=O)c2ccccc2)oc(-c2cc(Cl)ccc2F)c1O. The van der Waals surface area contributed by atoms with E-state index in [0.29, 0.717) is 0 Å². The van der Waals surface area contributed by atoms with Crippen molar-refractivity contribution in [2.45, 2.75) is 11.8 Å². The molecule has 0 bridgehead atoms. The van der Waals surface area contributed by atoms with E-state index in [-0.39, 0.29) is 15.5 Å². The number of sulfonamides is 1. The molecule has 1 heterocycles. The van der Waals surface area contributed by atoms with Crippen molar-refractivity contribution in [3.63, 3.8) is 0 Å². The Morgan fingerprint density at radius 1 is 1.21 bits per heavy atom. The van der Waals surface area contributed by atoms with Crippen LogP contribution in [0.25, 0.3) is 11.3 Å². The van der Waals surface area contributed by atoms with Gasteiger partial charge in [0.25, 0.3) is 15.9 Å². The van der Waals surface area contributed by atoms with E-state index >= 15 is 0 Å². The number of aromatic hydroxyl groups is 1. The van der Waals surface area contributed by atoms with Crippen LogP contribution in [0, 0.1) is 5.82 Å². The van der Waals surface area contributed by atoms with Crippen LogP contribution >= 0.6 is 11.6 Å². The van der Waals surface area contributed by atoms with E-state index < -0.39 is 45.0 Å². The van der Waals surface area contributed by atoms with Crippen molar-refractivity contribution in [3.8, 4) is 22.8 Å². The summed E-state index contributed by atoms with van der Waals surface area (Å²) in [6.45, 7) is 1.04. The number of halogens is 2. The standard InChI is InChI=1S/C18H13ClFNO6S/c1-10(22)26-17-15(23)16(13-9-11(19)7-8-14(13)20)27-18(17)21-28(24,25)12-5-3-2-4-6-12/h2-9,21,23H,1H3. The number of hydrogen-bond donors (Lipinski definition) is 2. The van der Waals surface area contributed by atoms with E-state index in [1.54, 1.807) is 6.07 Å². The summed E-state index contributed by atoms with van der Waals surface area (Å²) >= 11 is 5.85. The molecule has 3 rings (SSSR count). The number of rotatable bonds is 5. The molecule has 146 valence electrons. The third kappa shape index (κ3) is 3.95. The van der Waals surface area contributed by atoms with Gasteiger partial charge in [0.1, 0.15) is 5.82 Å². The third-order valence-electron chi connectivity index (χ3n) is 3.54. The molecule has 0 radical (unpaired) electrons. The Hall–Kier alpha value is -3.04. The van der Waals surface area contributed by atoms with Gasteiger partial charge < -0.3 is 14.3 Å². The van der Waals surface area contributed by atoms with Gasteiger partial charge in [-0.3, -0.25) is 4.79 Å². The van der Waals surface area contributed by atoms with Crippen LogP contribution in [-0.4, -0.2) is 19.5 Å². The second-order valence-electron chi connectivity index (χ2n) is 5.57. The van der Waals surface area contributed by atoms with Gasteiger partial charge >= 0.3 is 5.97 Å². The predicted molar refractivity (Wildman–Crippen MR) is 99.3 cm³/mol. The van der Waals surface area contributed by atoms with Crippen molar-refractivity contribution in [2.24, 2.45) is 0 Å². The van der Waals surface area contributed by atoms with E-state index in [9.17, 15) is 22.7 Å². The van der Waals surface area contributed by atoms with Gasteiger partial charge in [-0.2, -0.15) is 0 Å². The predicted octanol–water partition coefficient (Wildman–Crippen LogP) is 4.17. The number of benzene rings is 2. The Labute approximate surface area is 164 Å². The maximum atomic E-state index is 14.2. The fourth-order valence-corrected chi connectivity index (χ4v) is 3.53. The largest absolute Gasteiger partial charge is 0.502 e. The molecule has 0 unspecified atom stereocenters. The van der Waals surface area contributed by atoms with Gasteiger partial charge in [-0.15, -0.1) is 0 Å². The van der Waals surface area contributed by atoms with Crippen molar-refractivity contribution in [1.82, 2.24) is 0 Å². The van der Waals surface area contributed by atoms with Gasteiger partial charge in [0, 0.05) is 11.9 Å². The van der Waals surface area contributed by atoms with Gasteiger partial charge in [-0.25, -0.2) is 17.5 Å². The van der Waals surface area contributed by atoms with Crippen molar-refractivity contribution in [2.75, 3.05) is 4.72 Å². The zero-order valence-electron chi connectivity index (χ0n) is 14.3. The minimum Gasteiger partial charge on any atom is -0.502 e. The van der Waals surface area contributed by atoms with Gasteiger partial charge in [0.2, 0.25) is 11.5 Å². The maximum absolute atomic E-state index is 14.2. The van der Waals surface area contributed by atoms with Crippen molar-refractivity contribution >= 4 is 33.5 Å². The Balaban J connectivity index is 2.13. The molecular weight excluding hydrogens is 413 g/mol. The van der Waals surface area contributed by atoms with Gasteiger partial charge in [-0.05, 0) is 30.3 Å². The van der Waals surface area contributed by atoms with Crippen LogP contribution in [0.2, 0.25) is 5.02 Å². The lowest BCUT2D eigenvalue weighted by molar-refractivity contribution is -0.131. The van der Waals surface area contributed by atoms with Crippen LogP contribution in [0.5, 0.6) is 11.5 Å². The first-order valence-electron chi connectivity index (χ1n) is 7.76. The molecule has 2 aromatic carbocycles. The normalized spacial score (nSPS) is 11.2. The highest BCUT2D eigenvalue weighted by molar-refractivity contribution is 7.92. The lowest BCUT2D eigenvalue weighted by Crippen LogP contribution is -2.13. The quantitative estimate of drug-likeness (QED) is 0.594. The maximum Gasteiger partial charge on any atom is 0.308 e. The van der Waals surface area contributed by atoms with E-state index in [0.717, 1.165) is 13.0 Å². The molecule has 0 fully saturated rings. The topological polar surface area (TPSA) is 106 Å². The van der Waals surface area contributed by atoms with Crippen LogP contribution in [0.1, 0.15) is 6.92 Å². The zero-order valence-corrected chi connectivity index (χ0v) is 15.8. The molecule has 0 aliphatic heterocycles. The van der Waals surface area contributed by atoms with Crippen molar-refractivity contribution < 1.29 is 31.9 Å². The summed E-state index contributed by atoms with van der Waals surface area (Å²) in [6.07, 6.45) is 0. The molecule has 0 aliphatic rings. The molecule has 3 aromatic rings. The molecule has 0 atom stereocenters. The minimum absolute atomic E-state index is 0.102. The fraction of sp³-hybridized carbons (Fsp3) is 0.0556. The van der Waals surface area contributed by atoms with E-state index in [2.05, 4.69) is 4.72 Å². The summed E-state index contributed by atoms with van der Waals surface area (Å²) in [4.78, 5) is 11.3. The molecule has 0 amide bonds. The molecule has 0 aliphatic carbocycles. The minimum atomic E-state index is -4.14. The molecule has 28 heavy (non-hydrogen) atoms. The molecule has 0 saturated carbocycles. The summed E-state index contributed by atoms with van der Waals surface area (Å²) in [5.41, 5.74) is -0.247. The molecule has 0 saturated heterocycles. The molecule has 0 spiro atoms. The van der Waals surface area contributed by atoms with Gasteiger partial charge in [0.15, 0.2) is 5.76 Å². The van der Waals surface area contributed by atoms with Crippen LogP contribution in [0.4, 0.5) is 10.3 Å². The Kier molecular flexibility index (Phi) is 5.30. The van der Waals surface area contributed by atoms with Crippen LogP contribution < -0.4 is 9.46 Å². The second kappa shape index (κ2) is 7.53. The third-order valence-corrected chi connectivity index (χ3v) is 5.12. The molecule has 2 N–H and O–H groups in total. The molecule has 1 aromatic heterocycles. The number of ether oxygens (including phenoxy) is 1. The Morgan fingerprint density at radius 2 is 1.89 bits per heavy atom. The Morgan fingerprint density at radius 3 is 2.54 bits per heavy atom. The molecule has 10 heteroatoms. The first kappa shape index (κ1) is 19.7. The van der Waals surface area contributed by atoms with Gasteiger partial charge in [0.05, 0.1) is 10.5 Å². The molecular formula is C18H13ClFNO6S. The number of carbonyl (C=O) groups is 1. The summed E-state index contributed by atoms with van der Waals surface area (Å²) in [5.74, 6) is -4.05. The molecule has 7 nitrogen and oxygen atoms in total. The van der Waals surface area contributed by atoms with Crippen LogP contribution in [0.3, 0.4) is 0 Å². The highest BCUT2D eigenvalue weighted by atomic mass is 35.5. The lowest BCUT2D eigenvalue weighted by atomic mass is 10.1. The number of hydrogen-bond acceptors (Lipinski definition) is 6. The zero-order chi connectivity index (χ0) is 20.5. The number of anilines is 1. The first-order valence-corrected chi connectivity index (χ1v) is 9.62. The smallest absolute Gasteiger partial charge is 0.308 e. The first-order chi connectivity index (χ1) is 13.2. The second-order valence-corrected chi connectivity index (χ2v) is 7.69. The van der Waals surface area contributed by atoms with Crippen LogP contribution in [0.15, 0.2) is 57.8 Å². The number of carbonyl (C=O) groups excluding carboxylic acids is 1. The average molecular weight is 426 g/mol. The number of furan rings is 1. The van der Waals surface area contributed by atoms with Gasteiger partial charge in [-0.1, -0.05) is 29.8 Å². The monoisotopic (exact) mass is 425 g/mol. The summed E-state index contributed by atoms with van der Waals surface area (Å²) in [7, 11) is -4.14. The number of esters is 1. The fourth-order valence-electron chi connectivity index (χ4n) is 2.35. The highest BCUT2D eigenvalue weighted by Gasteiger charge is 2.29. The summed E-state index contributed by atoms with van der Waals surface area (Å²) < 4.78 is 51.5.